The molecule has 2 fully saturated rings. The molecule has 2 saturated heterocycles. The van der Waals surface area contributed by atoms with Crippen LogP contribution in [0.25, 0.3) is 44.2 Å². The van der Waals surface area contributed by atoms with Gasteiger partial charge in [-0.3, -0.25) is 19.8 Å². The number of aromatic nitrogens is 6. The van der Waals surface area contributed by atoms with E-state index in [0.717, 1.165) is 67.3 Å². The lowest BCUT2D eigenvalue weighted by atomic mass is 9.90. The topological polar surface area (TPSA) is 225 Å². The average molecular weight is 1080 g/mol. The smallest absolute Gasteiger partial charge is 0.410 e. The van der Waals surface area contributed by atoms with Gasteiger partial charge in [-0.05, 0) is 139 Å². The number of imidazole rings is 2. The highest BCUT2D eigenvalue weighted by Crippen LogP contribution is 2.47. The maximum atomic E-state index is 12.7. The van der Waals surface area contributed by atoms with Gasteiger partial charge in [0, 0.05) is 111 Å². The summed E-state index contributed by atoms with van der Waals surface area (Å²) in [6.45, 7) is 14.0. The molecule has 10 rings (SSSR count). The Balaban J connectivity index is 0.000000188. The monoisotopic (exact) mass is 1080 g/mol. The van der Waals surface area contributed by atoms with Gasteiger partial charge >= 0.3 is 12.2 Å². The first-order chi connectivity index (χ1) is 37.0. The minimum Gasteiger partial charge on any atom is -0.447 e. The predicted molar refractivity (Wildman–Crippen MR) is 295 cm³/mol. The molecular formula is C55H60Cl2N16O4. The molecular weight excluding hydrogens is 1020 g/mol. The summed E-state index contributed by atoms with van der Waals surface area (Å²) < 4.78 is 14.7. The van der Waals surface area contributed by atoms with Crippen LogP contribution in [0.4, 0.5) is 9.59 Å². The maximum absolute atomic E-state index is 12.7. The molecule has 0 bridgehead atoms. The van der Waals surface area contributed by atoms with Crippen LogP contribution in [0.15, 0.2) is 108 Å². The number of azide groups is 2. The lowest BCUT2D eigenvalue weighted by Crippen LogP contribution is -2.51. The van der Waals surface area contributed by atoms with Crippen LogP contribution in [-0.2, 0) is 23.6 Å². The molecule has 2 aliphatic heterocycles. The molecule has 398 valence electrons. The van der Waals surface area contributed by atoms with Crippen molar-refractivity contribution in [1.29, 1.82) is 0 Å². The fraction of sp³-hybridized carbons (Fsp3) is 0.382. The van der Waals surface area contributed by atoms with Gasteiger partial charge in [0.05, 0.1) is 53.6 Å². The molecule has 2 amide bonds. The van der Waals surface area contributed by atoms with Crippen molar-refractivity contribution in [3.63, 3.8) is 0 Å². The average Bonchev–Trinajstić information content (AvgIpc) is 4.00. The van der Waals surface area contributed by atoms with Gasteiger partial charge in [0.1, 0.15) is 17.7 Å². The van der Waals surface area contributed by atoms with Crippen molar-refractivity contribution in [3.05, 3.63) is 185 Å². The number of piperazine rings is 2. The molecule has 0 saturated carbocycles. The number of amides is 2. The molecule has 2 aliphatic carbocycles. The Morgan fingerprint density at radius 3 is 1.47 bits per heavy atom. The van der Waals surface area contributed by atoms with Crippen LogP contribution in [0, 0.1) is 0 Å². The summed E-state index contributed by atoms with van der Waals surface area (Å²) in [5, 5.41) is 9.57. The van der Waals surface area contributed by atoms with E-state index in [9.17, 15) is 20.7 Å². The Bertz CT molecular complexity index is 3320. The van der Waals surface area contributed by atoms with Crippen molar-refractivity contribution in [2.45, 2.75) is 70.5 Å². The number of benzene rings is 2. The highest BCUT2D eigenvalue weighted by atomic mass is 35.5. The quantitative estimate of drug-likeness (QED) is 0.0756. The Hall–Kier alpha value is -7.70. The first kappa shape index (κ1) is 54.1. The van der Waals surface area contributed by atoms with Gasteiger partial charge in [0.2, 0.25) is 0 Å². The lowest BCUT2D eigenvalue weighted by Gasteiger charge is -2.40. The van der Waals surface area contributed by atoms with E-state index < -0.39 is 17.7 Å². The van der Waals surface area contributed by atoms with E-state index >= 15 is 0 Å². The number of carbonyl (C=O) groups excluding carboxylic acids is 2. The summed E-state index contributed by atoms with van der Waals surface area (Å²) in [6.07, 6.45) is 13.7. The zero-order valence-corrected chi connectivity index (χ0v) is 45.5. The maximum Gasteiger partial charge on any atom is 0.410 e. The third-order valence-electron chi connectivity index (χ3n) is 13.9. The standard InChI is InChI=1S/C28H31ClN8O2.C27H29ClN8O2/c1-28(2,3)39-27(38)37-12-10-36(11-13-37)26-20-8-7-19(29)15-21(20)22(14-18-6-5-9-32-24(18)26)25(33-34-30)23-16-31-17-35(23)4;1-17(2)38-27(37)36-11-9-35(10-12-36)26-20-7-6-19(28)14-21(20)22(13-18-5-4-8-31-24(18)26)25(32-33-29)23-15-30-16-34(23)3/h5-9,14-17,25-26H,10-13H2,1-4H3;4-8,13-17,25-26H,9-12H2,1-3H3/t2*25?,26-/m00/s1. The predicted octanol–water partition coefficient (Wildman–Crippen LogP) is 11.6. The molecule has 22 heteroatoms. The van der Waals surface area contributed by atoms with E-state index in [1.165, 1.54) is 0 Å². The Kier molecular flexibility index (Phi) is 16.3. The van der Waals surface area contributed by atoms with E-state index in [-0.39, 0.29) is 30.4 Å². The van der Waals surface area contributed by atoms with Crippen LogP contribution in [0.2, 0.25) is 10.0 Å². The molecule has 6 aromatic rings. The summed E-state index contributed by atoms with van der Waals surface area (Å²) >= 11 is 13.1. The Labute approximate surface area is 456 Å². The first-order valence-corrected chi connectivity index (χ1v) is 26.1. The molecule has 4 aromatic heterocycles. The fourth-order valence-corrected chi connectivity index (χ4v) is 10.8. The Morgan fingerprint density at radius 2 is 1.09 bits per heavy atom. The van der Waals surface area contributed by atoms with Crippen LogP contribution < -0.4 is 0 Å². The summed E-state index contributed by atoms with van der Waals surface area (Å²) in [5.74, 6) is 0. The van der Waals surface area contributed by atoms with Crippen LogP contribution >= 0.6 is 23.2 Å². The molecule has 0 radical (unpaired) electrons. The minimum atomic E-state index is -0.629. The highest BCUT2D eigenvalue weighted by Gasteiger charge is 2.38. The number of nitrogens with zero attached hydrogens (tertiary/aromatic N) is 16. The van der Waals surface area contributed by atoms with E-state index in [0.29, 0.717) is 62.4 Å². The third kappa shape index (κ3) is 11.8. The van der Waals surface area contributed by atoms with Gasteiger partial charge in [0.15, 0.2) is 0 Å². The number of pyridine rings is 2. The number of hydrogen-bond acceptors (Lipinski definition) is 12. The number of ether oxygens (including phenoxy) is 2. The lowest BCUT2D eigenvalue weighted by molar-refractivity contribution is 0.0117. The molecule has 0 spiro atoms. The number of halogens is 2. The zero-order chi connectivity index (χ0) is 54.5. The zero-order valence-electron chi connectivity index (χ0n) is 44.0. The van der Waals surface area contributed by atoms with Crippen LogP contribution in [0.1, 0.15) is 115 Å². The molecule has 4 atom stereocenters. The second-order valence-electron chi connectivity index (χ2n) is 20.5. The largest absolute Gasteiger partial charge is 0.447 e. The molecule has 0 N–H and O–H groups in total. The van der Waals surface area contributed by atoms with Crippen molar-refractivity contribution < 1.29 is 19.1 Å². The van der Waals surface area contributed by atoms with Crippen molar-refractivity contribution in [2.24, 2.45) is 24.3 Å². The van der Waals surface area contributed by atoms with Gasteiger partial charge in [-0.25, -0.2) is 19.6 Å². The third-order valence-corrected chi connectivity index (χ3v) is 14.4. The number of hydrogen-bond donors (Lipinski definition) is 0. The van der Waals surface area contributed by atoms with Gasteiger partial charge in [-0.2, -0.15) is 0 Å². The van der Waals surface area contributed by atoms with Crippen LogP contribution in [0.5, 0.6) is 0 Å². The normalized spacial score (nSPS) is 18.2. The molecule has 2 aromatic carbocycles. The second kappa shape index (κ2) is 23.3. The highest BCUT2D eigenvalue weighted by molar-refractivity contribution is 6.31. The van der Waals surface area contributed by atoms with Gasteiger partial charge in [-0.1, -0.05) is 57.7 Å². The Morgan fingerprint density at radius 1 is 0.662 bits per heavy atom. The molecule has 4 aliphatic rings. The second-order valence-corrected chi connectivity index (χ2v) is 21.3. The summed E-state index contributed by atoms with van der Waals surface area (Å²) in [6, 6.07) is 17.9. The summed E-state index contributed by atoms with van der Waals surface area (Å²) in [5.41, 5.74) is 29.1. The van der Waals surface area contributed by atoms with E-state index in [1.807, 2.05) is 131 Å². The number of carbonyl (C=O) groups is 2. The summed E-state index contributed by atoms with van der Waals surface area (Å²) in [4.78, 5) is 57.9. The van der Waals surface area contributed by atoms with Crippen LogP contribution in [0.3, 0.4) is 0 Å². The van der Waals surface area contributed by atoms with Crippen molar-refractivity contribution in [3.8, 4) is 0 Å². The SMILES string of the molecule is CC(C)OC(=O)N1CCN([C@H]2c3ccc(Cl)cc3C(C(N=[N+]=[N-])c3cncn3C)=Cc3cccnc32)CC1.Cn1cncc1C(N=[N+]=[N-])C1=Cc2cccnc2[C@@H](N2CCN(C(=O)OC(C)(C)C)CC2)c2ccc(Cl)cc21. The number of aryl methyl sites for hydroxylation is 2. The summed E-state index contributed by atoms with van der Waals surface area (Å²) in [7, 11) is 3.75. The number of fused-ring (bicyclic) bond motifs is 4. The van der Waals surface area contributed by atoms with Crippen molar-refractivity contribution >= 4 is 58.7 Å². The molecule has 2 unspecified atom stereocenters. The van der Waals surface area contributed by atoms with Gasteiger partial charge < -0.3 is 28.4 Å². The first-order valence-electron chi connectivity index (χ1n) is 25.4. The van der Waals surface area contributed by atoms with E-state index in [2.05, 4.69) is 39.8 Å². The molecule has 6 heterocycles. The van der Waals surface area contributed by atoms with E-state index in [1.54, 1.807) is 47.2 Å². The van der Waals surface area contributed by atoms with Gasteiger partial charge in [0.25, 0.3) is 0 Å². The molecule has 77 heavy (non-hydrogen) atoms. The van der Waals surface area contributed by atoms with Crippen molar-refractivity contribution in [2.75, 3.05) is 52.4 Å². The van der Waals surface area contributed by atoms with Crippen molar-refractivity contribution in [1.82, 2.24) is 48.7 Å². The minimum absolute atomic E-state index is 0.164. The molecule has 20 nitrogen and oxygen atoms in total. The van der Waals surface area contributed by atoms with Gasteiger partial charge in [-0.15, -0.1) is 0 Å². The fourth-order valence-electron chi connectivity index (χ4n) is 10.4. The van der Waals surface area contributed by atoms with Crippen LogP contribution in [-0.4, -0.2) is 125 Å². The van der Waals surface area contributed by atoms with E-state index in [4.69, 9.17) is 42.6 Å². The number of rotatable bonds is 9.